The van der Waals surface area contributed by atoms with E-state index in [2.05, 4.69) is 32.5 Å². The maximum absolute atomic E-state index is 12.9. The third-order valence-corrected chi connectivity index (χ3v) is 4.76. The van der Waals surface area contributed by atoms with E-state index in [0.29, 0.717) is 24.7 Å². The van der Waals surface area contributed by atoms with E-state index in [1.54, 1.807) is 36.1 Å². The number of amides is 2. The van der Waals surface area contributed by atoms with Crippen molar-refractivity contribution >= 4 is 23.3 Å². The van der Waals surface area contributed by atoms with Crippen molar-refractivity contribution in [2.75, 3.05) is 36.4 Å². The van der Waals surface area contributed by atoms with Crippen molar-refractivity contribution in [3.8, 4) is 0 Å². The summed E-state index contributed by atoms with van der Waals surface area (Å²) in [5.74, 6) is 0.279. The summed E-state index contributed by atoms with van der Waals surface area (Å²) in [6.07, 6.45) is 0. The van der Waals surface area contributed by atoms with Crippen LogP contribution >= 0.6 is 0 Å². The second-order valence-corrected chi connectivity index (χ2v) is 6.80. The summed E-state index contributed by atoms with van der Waals surface area (Å²) in [5.41, 5.74) is 1.56. The van der Waals surface area contributed by atoms with Crippen LogP contribution in [0.15, 0.2) is 59.1 Å². The number of carbonyl (C=O) groups is 2. The Morgan fingerprint density at radius 3 is 2.38 bits per heavy atom. The molecule has 0 spiro atoms. The molecule has 1 fully saturated rings. The first-order chi connectivity index (χ1) is 14.1. The number of aromatic nitrogens is 2. The zero-order valence-electron chi connectivity index (χ0n) is 16.0. The van der Waals surface area contributed by atoms with Crippen molar-refractivity contribution in [3.63, 3.8) is 0 Å². The van der Waals surface area contributed by atoms with Gasteiger partial charge in [-0.1, -0.05) is 29.4 Å². The molecule has 148 valence electrons. The van der Waals surface area contributed by atoms with Crippen LogP contribution in [-0.4, -0.2) is 53.0 Å². The van der Waals surface area contributed by atoms with Crippen LogP contribution in [0.1, 0.15) is 26.7 Å². The van der Waals surface area contributed by atoms with E-state index >= 15 is 0 Å². The third-order valence-electron chi connectivity index (χ3n) is 4.76. The molecule has 1 aliphatic heterocycles. The van der Waals surface area contributed by atoms with Crippen LogP contribution in [0.4, 0.5) is 11.5 Å². The molecule has 1 aliphatic rings. The van der Waals surface area contributed by atoms with Gasteiger partial charge in [-0.05, 0) is 31.2 Å². The van der Waals surface area contributed by atoms with Gasteiger partial charge in [0.2, 0.25) is 0 Å². The number of nitrogens with zero attached hydrogens (tertiary/aromatic N) is 4. The zero-order valence-corrected chi connectivity index (χ0v) is 16.0. The van der Waals surface area contributed by atoms with E-state index in [0.717, 1.165) is 18.8 Å². The fraction of sp³-hybridized carbons (Fsp3) is 0.238. The SMILES string of the molecule is Cc1cc(NC(=O)c2cccc(C(=O)N3CCN(c4ccccc4)CC3)n2)no1. The van der Waals surface area contributed by atoms with Crippen LogP contribution in [0.3, 0.4) is 0 Å². The van der Waals surface area contributed by atoms with Crippen molar-refractivity contribution in [1.82, 2.24) is 15.0 Å². The topological polar surface area (TPSA) is 91.6 Å². The number of rotatable bonds is 4. The Morgan fingerprint density at radius 2 is 1.69 bits per heavy atom. The van der Waals surface area contributed by atoms with E-state index in [9.17, 15) is 9.59 Å². The molecule has 0 saturated carbocycles. The fourth-order valence-corrected chi connectivity index (χ4v) is 3.25. The van der Waals surface area contributed by atoms with Crippen molar-refractivity contribution in [3.05, 3.63) is 71.7 Å². The maximum Gasteiger partial charge on any atom is 0.275 e. The first-order valence-electron chi connectivity index (χ1n) is 9.41. The molecule has 29 heavy (non-hydrogen) atoms. The van der Waals surface area contributed by atoms with E-state index in [4.69, 9.17) is 4.52 Å². The summed E-state index contributed by atoms with van der Waals surface area (Å²) in [6.45, 7) is 4.44. The molecule has 8 nitrogen and oxygen atoms in total. The molecule has 0 atom stereocenters. The summed E-state index contributed by atoms with van der Waals surface area (Å²) < 4.78 is 4.93. The van der Waals surface area contributed by atoms with Gasteiger partial charge >= 0.3 is 0 Å². The number of para-hydroxylation sites is 1. The number of piperazine rings is 1. The van der Waals surface area contributed by atoms with Gasteiger partial charge in [-0.15, -0.1) is 0 Å². The molecule has 1 aromatic carbocycles. The second-order valence-electron chi connectivity index (χ2n) is 6.80. The zero-order chi connectivity index (χ0) is 20.2. The number of anilines is 2. The number of carbonyl (C=O) groups excluding carboxylic acids is 2. The van der Waals surface area contributed by atoms with Crippen LogP contribution in [0.2, 0.25) is 0 Å². The Balaban J connectivity index is 1.40. The van der Waals surface area contributed by atoms with Gasteiger partial charge in [-0.2, -0.15) is 0 Å². The molecular formula is C21H21N5O3. The molecule has 2 aromatic heterocycles. The smallest absolute Gasteiger partial charge is 0.275 e. The number of nitrogens with one attached hydrogen (secondary N) is 1. The molecule has 8 heteroatoms. The van der Waals surface area contributed by atoms with Gasteiger partial charge in [0.1, 0.15) is 17.1 Å². The van der Waals surface area contributed by atoms with Crippen molar-refractivity contribution in [1.29, 1.82) is 0 Å². The first-order valence-corrected chi connectivity index (χ1v) is 9.41. The molecule has 0 bridgehead atoms. The Labute approximate surface area is 168 Å². The van der Waals surface area contributed by atoms with E-state index < -0.39 is 5.91 Å². The van der Waals surface area contributed by atoms with Crippen molar-refractivity contribution in [2.24, 2.45) is 0 Å². The monoisotopic (exact) mass is 391 g/mol. The van der Waals surface area contributed by atoms with E-state index in [-0.39, 0.29) is 17.3 Å². The highest BCUT2D eigenvalue weighted by atomic mass is 16.5. The Morgan fingerprint density at radius 1 is 0.966 bits per heavy atom. The number of hydrogen-bond donors (Lipinski definition) is 1. The minimum atomic E-state index is -0.443. The van der Waals surface area contributed by atoms with Crippen LogP contribution in [-0.2, 0) is 0 Å². The van der Waals surface area contributed by atoms with Crippen molar-refractivity contribution < 1.29 is 14.1 Å². The highest BCUT2D eigenvalue weighted by molar-refractivity contribution is 6.03. The predicted octanol–water partition coefficient (Wildman–Crippen LogP) is 2.59. The average Bonchev–Trinajstić information content (AvgIpc) is 3.18. The predicted molar refractivity (Wildman–Crippen MR) is 108 cm³/mol. The van der Waals surface area contributed by atoms with Gasteiger partial charge in [0.05, 0.1) is 0 Å². The third kappa shape index (κ3) is 4.26. The molecule has 0 radical (unpaired) electrons. The van der Waals surface area contributed by atoms with Crippen LogP contribution < -0.4 is 10.2 Å². The molecular weight excluding hydrogens is 370 g/mol. The van der Waals surface area contributed by atoms with Gasteiger partial charge in [0.25, 0.3) is 11.8 Å². The number of aryl methyl sites for hydroxylation is 1. The lowest BCUT2D eigenvalue weighted by atomic mass is 10.2. The summed E-state index contributed by atoms with van der Waals surface area (Å²) in [4.78, 5) is 33.5. The summed E-state index contributed by atoms with van der Waals surface area (Å²) in [6, 6.07) is 16.6. The quantitative estimate of drug-likeness (QED) is 0.735. The molecule has 0 aliphatic carbocycles. The molecule has 3 heterocycles. The van der Waals surface area contributed by atoms with Crippen LogP contribution in [0.25, 0.3) is 0 Å². The van der Waals surface area contributed by atoms with E-state index in [1.165, 1.54) is 0 Å². The lowest BCUT2D eigenvalue weighted by molar-refractivity contribution is 0.0740. The number of hydrogen-bond acceptors (Lipinski definition) is 6. The largest absolute Gasteiger partial charge is 0.368 e. The van der Waals surface area contributed by atoms with Gasteiger partial charge in [-0.25, -0.2) is 4.98 Å². The standard InChI is InChI=1S/C21H21N5O3/c1-15-14-19(24-29-15)23-20(27)17-8-5-9-18(22-17)21(28)26-12-10-25(11-13-26)16-6-3-2-4-7-16/h2-9,14H,10-13H2,1H3,(H,23,24,27). The molecule has 0 unspecified atom stereocenters. The first kappa shape index (κ1) is 18.7. The van der Waals surface area contributed by atoms with Gasteiger partial charge in [-0.3, -0.25) is 9.59 Å². The highest BCUT2D eigenvalue weighted by Crippen LogP contribution is 2.17. The Hall–Kier alpha value is -3.68. The average molecular weight is 391 g/mol. The van der Waals surface area contributed by atoms with Crippen LogP contribution in [0, 0.1) is 6.92 Å². The highest BCUT2D eigenvalue weighted by Gasteiger charge is 2.24. The van der Waals surface area contributed by atoms with Gasteiger partial charge < -0.3 is 19.6 Å². The minimum absolute atomic E-state index is 0.152. The van der Waals surface area contributed by atoms with Crippen molar-refractivity contribution in [2.45, 2.75) is 6.92 Å². The van der Waals surface area contributed by atoms with Crippen LogP contribution in [0.5, 0.6) is 0 Å². The molecule has 1 saturated heterocycles. The summed E-state index contributed by atoms with van der Waals surface area (Å²) in [7, 11) is 0. The van der Waals surface area contributed by atoms with Gasteiger partial charge in [0, 0.05) is 37.9 Å². The maximum atomic E-state index is 12.9. The number of pyridine rings is 1. The summed E-state index contributed by atoms with van der Waals surface area (Å²) >= 11 is 0. The van der Waals surface area contributed by atoms with E-state index in [1.807, 2.05) is 18.2 Å². The second kappa shape index (κ2) is 8.14. The lowest BCUT2D eigenvalue weighted by Gasteiger charge is -2.36. The lowest BCUT2D eigenvalue weighted by Crippen LogP contribution is -2.49. The molecule has 1 N–H and O–H groups in total. The normalized spacial score (nSPS) is 14.0. The fourth-order valence-electron chi connectivity index (χ4n) is 3.25. The number of benzene rings is 1. The Bertz CT molecular complexity index is 1010. The van der Waals surface area contributed by atoms with Gasteiger partial charge in [0.15, 0.2) is 5.82 Å². The summed E-state index contributed by atoms with van der Waals surface area (Å²) in [5, 5.41) is 6.34. The molecule has 2 amide bonds. The minimum Gasteiger partial charge on any atom is -0.368 e. The Kier molecular flexibility index (Phi) is 5.24. The molecule has 3 aromatic rings. The molecule has 4 rings (SSSR count).